The molecule has 2 aromatic heterocycles. The van der Waals surface area contributed by atoms with E-state index in [1.807, 2.05) is 0 Å². The molecule has 33 heavy (non-hydrogen) atoms. The van der Waals surface area contributed by atoms with Gasteiger partial charge in [-0.05, 0) is 43.3 Å². The number of alkyl halides is 3. The summed E-state index contributed by atoms with van der Waals surface area (Å²) in [4.78, 5) is -0.630. The molecule has 0 radical (unpaired) electrons. The molecule has 2 heterocycles. The van der Waals surface area contributed by atoms with Gasteiger partial charge in [-0.25, -0.2) is 8.42 Å². The quantitative estimate of drug-likeness (QED) is 0.384. The Morgan fingerprint density at radius 1 is 1.06 bits per heavy atom. The minimum absolute atomic E-state index is 0.0183. The van der Waals surface area contributed by atoms with Crippen molar-refractivity contribution in [2.45, 2.75) is 18.0 Å². The third-order valence-electron chi connectivity index (χ3n) is 4.56. The zero-order chi connectivity index (χ0) is 24.0. The number of aromatic amines is 1. The number of benzene rings is 2. The van der Waals surface area contributed by atoms with Crippen LogP contribution in [0.4, 0.5) is 18.9 Å². The van der Waals surface area contributed by atoms with Crippen molar-refractivity contribution in [2.24, 2.45) is 0 Å². The topological polar surface area (TPSA) is 106 Å². The van der Waals surface area contributed by atoms with E-state index in [0.29, 0.717) is 17.7 Å². The minimum atomic E-state index is -4.83. The summed E-state index contributed by atoms with van der Waals surface area (Å²) < 4.78 is 69.5. The molecule has 2 aromatic carbocycles. The van der Waals surface area contributed by atoms with Crippen molar-refractivity contribution < 1.29 is 21.6 Å². The zero-order valence-electron chi connectivity index (χ0n) is 16.5. The fourth-order valence-corrected chi connectivity index (χ4v) is 4.57. The largest absolute Gasteiger partial charge is 0.417 e. The van der Waals surface area contributed by atoms with Crippen LogP contribution in [0.1, 0.15) is 11.4 Å². The van der Waals surface area contributed by atoms with Crippen LogP contribution in [0.25, 0.3) is 17.2 Å². The van der Waals surface area contributed by atoms with E-state index < -0.39 is 31.7 Å². The number of aromatic nitrogens is 5. The predicted molar refractivity (Wildman–Crippen MR) is 116 cm³/mol. The summed E-state index contributed by atoms with van der Waals surface area (Å²) in [5, 5.41) is 14.5. The van der Waals surface area contributed by atoms with Gasteiger partial charge in [-0.1, -0.05) is 23.2 Å². The summed E-state index contributed by atoms with van der Waals surface area (Å²) >= 11 is 11.7. The Balaban J connectivity index is 1.81. The Morgan fingerprint density at radius 3 is 2.48 bits per heavy atom. The lowest BCUT2D eigenvalue weighted by Crippen LogP contribution is -2.16. The zero-order valence-corrected chi connectivity index (χ0v) is 18.9. The maximum absolute atomic E-state index is 13.2. The average Bonchev–Trinajstić information content (AvgIpc) is 3.36. The van der Waals surface area contributed by atoms with Gasteiger partial charge < -0.3 is 0 Å². The molecule has 0 bridgehead atoms. The number of nitrogens with zero attached hydrogens (tertiary/aromatic N) is 4. The highest BCUT2D eigenvalue weighted by atomic mass is 35.5. The molecular weight excluding hydrogens is 504 g/mol. The van der Waals surface area contributed by atoms with Crippen LogP contribution in [0.5, 0.6) is 0 Å². The third kappa shape index (κ3) is 4.54. The number of hydrogen-bond acceptors (Lipinski definition) is 5. The number of rotatable bonds is 5. The molecule has 0 saturated heterocycles. The van der Waals surface area contributed by atoms with Crippen molar-refractivity contribution in [1.29, 1.82) is 0 Å². The van der Waals surface area contributed by atoms with Crippen molar-refractivity contribution in [2.75, 3.05) is 4.72 Å². The fourth-order valence-electron chi connectivity index (χ4n) is 3.08. The van der Waals surface area contributed by atoms with E-state index >= 15 is 0 Å². The lowest BCUT2D eigenvalue weighted by molar-refractivity contribution is -0.137. The Morgan fingerprint density at radius 2 is 1.82 bits per heavy atom. The molecule has 0 fully saturated rings. The van der Waals surface area contributed by atoms with Crippen molar-refractivity contribution in [3.63, 3.8) is 0 Å². The lowest BCUT2D eigenvalue weighted by Gasteiger charge is -2.15. The first-order valence-corrected chi connectivity index (χ1v) is 11.3. The second-order valence-electron chi connectivity index (χ2n) is 6.77. The normalized spacial score (nSPS) is 12.2. The highest BCUT2D eigenvalue weighted by Gasteiger charge is 2.34. The maximum atomic E-state index is 13.2. The van der Waals surface area contributed by atoms with Crippen molar-refractivity contribution >= 4 is 38.9 Å². The molecule has 0 unspecified atom stereocenters. The second kappa shape index (κ2) is 8.36. The molecule has 14 heteroatoms. The first-order chi connectivity index (χ1) is 15.5. The standard InChI is InChI=1S/C19H13Cl2F3N6O2S/c1-10-26-28-18(30(10)17-6-7-25-27-17)13-4-2-11(20)8-16(13)29-33(31,32)12-3-5-15(21)14(9-12)19(22,23)24/h2-9,29H,1H3,(H,25,27). The summed E-state index contributed by atoms with van der Waals surface area (Å²) in [5.74, 6) is 1.15. The van der Waals surface area contributed by atoms with Gasteiger partial charge in [0.05, 0.1) is 21.2 Å². The monoisotopic (exact) mass is 516 g/mol. The first-order valence-electron chi connectivity index (χ1n) is 9.09. The van der Waals surface area contributed by atoms with E-state index in [2.05, 4.69) is 25.1 Å². The Hall–Kier alpha value is -3.09. The van der Waals surface area contributed by atoms with Crippen LogP contribution in [0.15, 0.2) is 53.6 Å². The molecule has 0 atom stereocenters. The molecule has 0 amide bonds. The Kier molecular flexibility index (Phi) is 5.85. The summed E-state index contributed by atoms with van der Waals surface area (Å²) in [6.07, 6.45) is -3.25. The highest BCUT2D eigenvalue weighted by Crippen LogP contribution is 2.37. The van der Waals surface area contributed by atoms with E-state index in [4.69, 9.17) is 23.2 Å². The third-order valence-corrected chi connectivity index (χ3v) is 6.49. The van der Waals surface area contributed by atoms with Gasteiger partial charge in [0.1, 0.15) is 5.82 Å². The number of sulfonamides is 1. The van der Waals surface area contributed by atoms with Crippen LogP contribution in [-0.4, -0.2) is 33.4 Å². The molecule has 2 N–H and O–H groups in total. The maximum Gasteiger partial charge on any atom is 0.417 e. The van der Waals surface area contributed by atoms with E-state index in [1.165, 1.54) is 18.2 Å². The van der Waals surface area contributed by atoms with Gasteiger partial charge in [0, 0.05) is 22.8 Å². The van der Waals surface area contributed by atoms with Crippen LogP contribution >= 0.6 is 23.2 Å². The molecule has 0 aliphatic heterocycles. The number of nitrogens with one attached hydrogen (secondary N) is 2. The molecular formula is C19H13Cl2F3N6O2S. The molecule has 172 valence electrons. The van der Waals surface area contributed by atoms with E-state index in [1.54, 1.807) is 23.8 Å². The molecule has 0 saturated carbocycles. The predicted octanol–water partition coefficient (Wildman–Crippen LogP) is 5.09. The van der Waals surface area contributed by atoms with Crippen LogP contribution in [-0.2, 0) is 16.2 Å². The van der Waals surface area contributed by atoms with Gasteiger partial charge in [-0.15, -0.1) is 10.2 Å². The van der Waals surface area contributed by atoms with Crippen molar-refractivity contribution in [3.8, 4) is 17.2 Å². The van der Waals surface area contributed by atoms with Crippen LogP contribution in [0, 0.1) is 6.92 Å². The highest BCUT2D eigenvalue weighted by molar-refractivity contribution is 7.92. The van der Waals surface area contributed by atoms with Crippen molar-refractivity contribution in [3.05, 3.63) is 70.1 Å². The molecule has 4 aromatic rings. The molecule has 8 nitrogen and oxygen atoms in total. The molecule has 0 aliphatic rings. The Labute approximate surface area is 195 Å². The van der Waals surface area contributed by atoms with E-state index in [0.717, 1.165) is 12.1 Å². The summed E-state index contributed by atoms with van der Waals surface area (Å²) in [5.41, 5.74) is -1.01. The van der Waals surface area contributed by atoms with E-state index in [-0.39, 0.29) is 22.1 Å². The fraction of sp³-hybridized carbons (Fsp3) is 0.105. The van der Waals surface area contributed by atoms with Gasteiger partial charge in [-0.2, -0.15) is 18.3 Å². The van der Waals surface area contributed by atoms with Gasteiger partial charge in [0.15, 0.2) is 11.6 Å². The molecule has 0 spiro atoms. The number of H-pyrrole nitrogens is 1. The smallest absolute Gasteiger partial charge is 0.284 e. The summed E-state index contributed by atoms with van der Waals surface area (Å²) in [6, 6.07) is 8.30. The number of anilines is 1. The Bertz CT molecular complexity index is 1440. The molecule has 0 aliphatic carbocycles. The van der Waals surface area contributed by atoms with Gasteiger partial charge in [0.2, 0.25) is 0 Å². The lowest BCUT2D eigenvalue weighted by atomic mass is 10.1. The van der Waals surface area contributed by atoms with Gasteiger partial charge >= 0.3 is 6.18 Å². The minimum Gasteiger partial charge on any atom is -0.284 e. The first kappa shape index (κ1) is 23.1. The van der Waals surface area contributed by atoms with Crippen LogP contribution in [0.3, 0.4) is 0 Å². The molecule has 4 rings (SSSR count). The average molecular weight is 517 g/mol. The van der Waals surface area contributed by atoms with Gasteiger partial charge in [0.25, 0.3) is 10.0 Å². The summed E-state index contributed by atoms with van der Waals surface area (Å²) in [7, 11) is -4.47. The second-order valence-corrected chi connectivity index (χ2v) is 9.30. The van der Waals surface area contributed by atoms with Crippen molar-refractivity contribution in [1.82, 2.24) is 25.0 Å². The van der Waals surface area contributed by atoms with Crippen LogP contribution in [0.2, 0.25) is 10.0 Å². The summed E-state index contributed by atoms with van der Waals surface area (Å²) in [6.45, 7) is 1.68. The van der Waals surface area contributed by atoms with Crippen LogP contribution < -0.4 is 4.72 Å². The van der Waals surface area contributed by atoms with E-state index in [9.17, 15) is 21.6 Å². The number of halogens is 5. The number of aryl methyl sites for hydroxylation is 1. The number of hydrogen-bond donors (Lipinski definition) is 2. The van der Waals surface area contributed by atoms with Gasteiger partial charge in [-0.3, -0.25) is 14.4 Å². The SMILES string of the molecule is Cc1nnc(-c2ccc(Cl)cc2NS(=O)(=O)c2ccc(Cl)c(C(F)(F)F)c2)n1-c1cc[nH]n1.